The van der Waals surface area contributed by atoms with Gasteiger partial charge in [-0.15, -0.1) is 0 Å². The van der Waals surface area contributed by atoms with E-state index in [0.29, 0.717) is 12.2 Å². The van der Waals surface area contributed by atoms with Crippen LogP contribution >= 0.6 is 11.8 Å². The number of thioether (sulfide) groups is 1. The molecule has 0 spiro atoms. The summed E-state index contributed by atoms with van der Waals surface area (Å²) in [6, 6.07) is 10.1. The van der Waals surface area contributed by atoms with E-state index in [1.165, 1.54) is 0 Å². The summed E-state index contributed by atoms with van der Waals surface area (Å²) in [6.45, 7) is 5.11. The highest BCUT2D eigenvalue weighted by atomic mass is 79.9. The van der Waals surface area contributed by atoms with Crippen LogP contribution in [-0.2, 0) is 9.53 Å². The van der Waals surface area contributed by atoms with Crippen molar-refractivity contribution in [1.82, 2.24) is 5.32 Å². The van der Waals surface area contributed by atoms with Crippen molar-refractivity contribution in [1.29, 1.82) is 0 Å². The molecule has 0 amide bonds. The van der Waals surface area contributed by atoms with Gasteiger partial charge >= 0.3 is 11.1 Å². The molecule has 0 fully saturated rings. The molecule has 1 aromatic rings. The van der Waals surface area contributed by atoms with Crippen LogP contribution in [0.3, 0.4) is 0 Å². The number of rotatable bonds is 3. The van der Waals surface area contributed by atoms with Gasteiger partial charge in [0.15, 0.2) is 6.04 Å². The Hall–Kier alpha value is -1.27. The lowest BCUT2D eigenvalue weighted by Crippen LogP contribution is -3.00. The number of hydrogen-bond acceptors (Lipinski definition) is 4. The molecule has 3 rings (SSSR count). The molecule has 0 radical (unpaired) electrons. The lowest BCUT2D eigenvalue weighted by molar-refractivity contribution is -0.556. The van der Waals surface area contributed by atoms with Crippen LogP contribution in [0.1, 0.15) is 25.5 Å². The highest BCUT2D eigenvalue weighted by Crippen LogP contribution is 2.34. The van der Waals surface area contributed by atoms with Crippen molar-refractivity contribution in [2.75, 3.05) is 18.9 Å². The molecule has 0 aromatic heterocycles. The fourth-order valence-corrected chi connectivity index (χ4v) is 3.89. The van der Waals surface area contributed by atoms with Crippen LogP contribution in [0.25, 0.3) is 0 Å². The molecule has 1 atom stereocenters. The Kier molecular flexibility index (Phi) is 5.69. The van der Waals surface area contributed by atoms with Crippen LogP contribution in [0.2, 0.25) is 0 Å². The van der Waals surface area contributed by atoms with Gasteiger partial charge in [0.05, 0.1) is 13.2 Å². The minimum atomic E-state index is -0.229. The van der Waals surface area contributed by atoms with Crippen LogP contribution in [0.4, 0.5) is 0 Å². The molecular formula is C16H19BrN2O2S. The average Bonchev–Trinajstić information content (AvgIpc) is 2.94. The lowest BCUT2D eigenvalue weighted by Gasteiger charge is -2.25. The molecule has 2 heterocycles. The van der Waals surface area contributed by atoms with E-state index in [2.05, 4.69) is 22.0 Å². The Morgan fingerprint density at radius 1 is 1.41 bits per heavy atom. The van der Waals surface area contributed by atoms with E-state index >= 15 is 0 Å². The van der Waals surface area contributed by atoms with Gasteiger partial charge in [-0.3, -0.25) is 0 Å². The second-order valence-corrected chi connectivity index (χ2v) is 6.13. The number of halogens is 1. The smallest absolute Gasteiger partial charge is 0.342 e. The van der Waals surface area contributed by atoms with E-state index in [1.807, 2.05) is 32.0 Å². The van der Waals surface area contributed by atoms with E-state index in [4.69, 9.17) is 4.74 Å². The van der Waals surface area contributed by atoms with Gasteiger partial charge in [0, 0.05) is 11.3 Å². The van der Waals surface area contributed by atoms with Crippen LogP contribution in [0, 0.1) is 0 Å². The highest BCUT2D eigenvalue weighted by Gasteiger charge is 2.41. The Morgan fingerprint density at radius 2 is 2.14 bits per heavy atom. The number of amidine groups is 1. The summed E-state index contributed by atoms with van der Waals surface area (Å²) in [7, 11) is 0. The third-order valence-electron chi connectivity index (χ3n) is 3.73. The van der Waals surface area contributed by atoms with Gasteiger partial charge in [-0.05, 0) is 25.6 Å². The number of nitrogens with zero attached hydrogens (tertiary/aromatic N) is 1. The molecule has 118 valence electrons. The zero-order valence-electron chi connectivity index (χ0n) is 12.6. The number of carbonyl (C=O) groups is 1. The molecule has 1 unspecified atom stereocenters. The van der Waals surface area contributed by atoms with E-state index in [0.717, 1.165) is 28.7 Å². The summed E-state index contributed by atoms with van der Waals surface area (Å²) in [4.78, 5) is 12.4. The lowest BCUT2D eigenvalue weighted by atomic mass is 9.95. The van der Waals surface area contributed by atoms with Gasteiger partial charge in [-0.2, -0.15) is 0 Å². The first-order chi connectivity index (χ1) is 10.2. The van der Waals surface area contributed by atoms with Crippen molar-refractivity contribution in [3.05, 3.63) is 47.2 Å². The first kappa shape index (κ1) is 17.1. The number of benzene rings is 1. The largest absolute Gasteiger partial charge is 1.00 e. The minimum absolute atomic E-state index is 0. The Balaban J connectivity index is 0.00000176. The molecule has 0 saturated carbocycles. The van der Waals surface area contributed by atoms with Crippen molar-refractivity contribution >= 4 is 22.9 Å². The summed E-state index contributed by atoms with van der Waals surface area (Å²) in [5.41, 5.74) is 2.73. The summed E-state index contributed by atoms with van der Waals surface area (Å²) in [5, 5.41) is 4.49. The zero-order valence-corrected chi connectivity index (χ0v) is 15.0. The molecule has 2 aliphatic rings. The van der Waals surface area contributed by atoms with Crippen LogP contribution in [0.5, 0.6) is 0 Å². The van der Waals surface area contributed by atoms with Crippen molar-refractivity contribution < 1.29 is 31.1 Å². The molecule has 0 bridgehead atoms. The van der Waals surface area contributed by atoms with E-state index in [1.54, 1.807) is 11.8 Å². The maximum absolute atomic E-state index is 12.4. The predicted molar refractivity (Wildman–Crippen MR) is 84.2 cm³/mol. The van der Waals surface area contributed by atoms with Crippen molar-refractivity contribution in [2.45, 2.75) is 19.9 Å². The molecule has 4 nitrogen and oxygen atoms in total. The summed E-state index contributed by atoms with van der Waals surface area (Å²) in [6.07, 6.45) is 0. The average molecular weight is 383 g/mol. The topological polar surface area (TPSA) is 41.3 Å². The van der Waals surface area contributed by atoms with Gasteiger partial charge in [0.25, 0.3) is 0 Å². The number of allylic oxidation sites excluding steroid dienone is 1. The molecule has 0 saturated heterocycles. The van der Waals surface area contributed by atoms with Crippen molar-refractivity contribution in [3.63, 3.8) is 0 Å². The first-order valence-corrected chi connectivity index (χ1v) is 8.17. The Morgan fingerprint density at radius 3 is 2.82 bits per heavy atom. The number of esters is 1. The molecular weight excluding hydrogens is 364 g/mol. The Labute approximate surface area is 145 Å². The second-order valence-electron chi connectivity index (χ2n) is 5.04. The van der Waals surface area contributed by atoms with Gasteiger partial charge in [0.1, 0.15) is 11.3 Å². The number of ether oxygens (including phenoxy) is 1. The quantitative estimate of drug-likeness (QED) is 0.553. The third-order valence-corrected chi connectivity index (χ3v) is 4.72. The van der Waals surface area contributed by atoms with Crippen molar-refractivity contribution in [3.8, 4) is 0 Å². The van der Waals surface area contributed by atoms with Gasteiger partial charge < -0.3 is 21.7 Å². The van der Waals surface area contributed by atoms with E-state index in [9.17, 15) is 4.79 Å². The fourth-order valence-electron chi connectivity index (χ4n) is 2.82. The standard InChI is InChI=1S/C16H18N2O2S.BrH/c1-3-20-15(19)13-11(2)17-16-18(9-10-21-16)14(13)12-7-5-4-6-8-12;/h4-8,14H,3,9-10H2,1-2H3;1H. The van der Waals surface area contributed by atoms with Crippen LogP contribution in [0.15, 0.2) is 41.6 Å². The number of carbonyl (C=O) groups excluding carboxylic acids is 1. The van der Waals surface area contributed by atoms with Crippen LogP contribution < -0.4 is 22.3 Å². The molecule has 2 aliphatic heterocycles. The number of nitrogens with one attached hydrogen (secondary N) is 1. The Bertz CT molecular complexity index is 628. The van der Waals surface area contributed by atoms with Crippen molar-refractivity contribution in [2.24, 2.45) is 0 Å². The molecule has 0 aliphatic carbocycles. The molecule has 22 heavy (non-hydrogen) atoms. The minimum Gasteiger partial charge on any atom is -1.00 e. The van der Waals surface area contributed by atoms with Gasteiger partial charge in [0.2, 0.25) is 0 Å². The summed E-state index contributed by atoms with van der Waals surface area (Å²) >= 11 is 1.80. The maximum atomic E-state index is 12.4. The van der Waals surface area contributed by atoms with E-state index < -0.39 is 0 Å². The number of hydrogen-bond donors (Lipinski definition) is 1. The normalized spacial score (nSPS) is 20.2. The fraction of sp³-hybridized carbons (Fsp3) is 0.375. The van der Waals surface area contributed by atoms with Crippen LogP contribution in [-0.4, -0.2) is 34.6 Å². The van der Waals surface area contributed by atoms with Gasteiger partial charge in [-0.25, -0.2) is 14.7 Å². The van der Waals surface area contributed by atoms with E-state index in [-0.39, 0.29) is 29.0 Å². The summed E-state index contributed by atoms with van der Waals surface area (Å²) in [5.74, 6) is 0.807. The monoisotopic (exact) mass is 382 g/mol. The maximum Gasteiger partial charge on any atom is 0.342 e. The predicted octanol–water partition coefficient (Wildman–Crippen LogP) is -0.713. The molecule has 1 aromatic carbocycles. The van der Waals surface area contributed by atoms with Gasteiger partial charge in [-0.1, -0.05) is 30.3 Å². The molecule has 1 N–H and O–H groups in total. The first-order valence-electron chi connectivity index (χ1n) is 7.18. The SMILES string of the molecule is CCOC(=O)C1=C(C)NC2=[N+](CCS2)C1c1ccccc1.[Br-]. The highest BCUT2D eigenvalue weighted by molar-refractivity contribution is 8.13. The second kappa shape index (κ2) is 7.33. The third kappa shape index (κ3) is 3.08. The molecule has 6 heteroatoms. The summed E-state index contributed by atoms with van der Waals surface area (Å²) < 4.78 is 7.54. The zero-order chi connectivity index (χ0) is 14.8.